The lowest BCUT2D eigenvalue weighted by molar-refractivity contribution is 0.299. The van der Waals surface area contributed by atoms with Gasteiger partial charge in [-0.05, 0) is 32.9 Å². The second-order valence-corrected chi connectivity index (χ2v) is 6.57. The van der Waals surface area contributed by atoms with E-state index in [0.29, 0.717) is 6.04 Å². The van der Waals surface area contributed by atoms with Crippen LogP contribution in [0.4, 0.5) is 0 Å². The summed E-state index contributed by atoms with van der Waals surface area (Å²) in [4.78, 5) is 14.1. The highest BCUT2D eigenvalue weighted by Crippen LogP contribution is 2.23. The molecule has 4 heteroatoms. The lowest BCUT2D eigenvalue weighted by Gasteiger charge is -2.26. The molecule has 1 atom stereocenters. The predicted octanol–water partition coefficient (Wildman–Crippen LogP) is 4.32. The van der Waals surface area contributed by atoms with Crippen LogP contribution in [0.1, 0.15) is 77.5 Å². The van der Waals surface area contributed by atoms with Gasteiger partial charge in [-0.2, -0.15) is 0 Å². The second-order valence-electron chi connectivity index (χ2n) is 6.57. The third-order valence-electron chi connectivity index (χ3n) is 4.47. The van der Waals surface area contributed by atoms with Gasteiger partial charge < -0.3 is 14.6 Å². The van der Waals surface area contributed by atoms with E-state index in [1.54, 1.807) is 12.3 Å². The topological polar surface area (TPSA) is 45.5 Å². The first-order valence-corrected chi connectivity index (χ1v) is 9.15. The van der Waals surface area contributed by atoms with Gasteiger partial charge in [0, 0.05) is 24.3 Å². The lowest BCUT2D eigenvalue weighted by Crippen LogP contribution is -2.25. The van der Waals surface area contributed by atoms with Gasteiger partial charge in [0.1, 0.15) is 0 Å². The number of nitrogens with zero attached hydrogens (tertiary/aromatic N) is 2. The maximum absolute atomic E-state index is 11.9. The number of pyridine rings is 1. The standard InChI is InChI=1S/C19H34N2O2/c1-5-8-10-11-16(7-3)21-15-19(23)18(22)13-17(21)14-20(4)12-9-6-2/h13,15-16,23H,5-12,14H2,1-4H3. The third kappa shape index (κ3) is 6.38. The molecule has 1 rings (SSSR count). The number of rotatable bonds is 11. The van der Waals surface area contributed by atoms with Gasteiger partial charge in [-0.3, -0.25) is 4.79 Å². The molecule has 1 aromatic heterocycles. The van der Waals surface area contributed by atoms with E-state index in [1.165, 1.54) is 25.7 Å². The summed E-state index contributed by atoms with van der Waals surface area (Å²) >= 11 is 0. The van der Waals surface area contributed by atoms with E-state index in [4.69, 9.17) is 0 Å². The third-order valence-corrected chi connectivity index (χ3v) is 4.47. The Balaban J connectivity index is 2.98. The predicted molar refractivity (Wildman–Crippen MR) is 97.1 cm³/mol. The Morgan fingerprint density at radius 2 is 1.87 bits per heavy atom. The number of hydrogen-bond acceptors (Lipinski definition) is 3. The van der Waals surface area contributed by atoms with E-state index >= 15 is 0 Å². The quantitative estimate of drug-likeness (QED) is 0.617. The first kappa shape index (κ1) is 19.8. The van der Waals surface area contributed by atoms with Crippen molar-refractivity contribution in [2.75, 3.05) is 13.6 Å². The van der Waals surface area contributed by atoms with Gasteiger partial charge in [-0.1, -0.05) is 46.5 Å². The van der Waals surface area contributed by atoms with Gasteiger partial charge in [0.25, 0.3) is 0 Å². The zero-order valence-corrected chi connectivity index (χ0v) is 15.3. The van der Waals surface area contributed by atoms with Gasteiger partial charge in [-0.25, -0.2) is 0 Å². The summed E-state index contributed by atoms with van der Waals surface area (Å²) in [7, 11) is 2.09. The van der Waals surface area contributed by atoms with Crippen molar-refractivity contribution >= 4 is 0 Å². The second kappa shape index (κ2) is 10.5. The van der Waals surface area contributed by atoms with E-state index in [0.717, 1.165) is 38.0 Å². The highest BCUT2D eigenvalue weighted by Gasteiger charge is 2.15. The highest BCUT2D eigenvalue weighted by atomic mass is 16.3. The molecule has 0 aliphatic carbocycles. The molecule has 0 bridgehead atoms. The zero-order valence-electron chi connectivity index (χ0n) is 15.3. The van der Waals surface area contributed by atoms with E-state index in [9.17, 15) is 9.90 Å². The number of unbranched alkanes of at least 4 members (excludes halogenated alkanes) is 3. The molecule has 0 aliphatic rings. The fraction of sp³-hybridized carbons (Fsp3) is 0.737. The van der Waals surface area contributed by atoms with E-state index in [2.05, 4.69) is 37.3 Å². The molecule has 0 radical (unpaired) electrons. The van der Waals surface area contributed by atoms with Gasteiger partial charge in [-0.15, -0.1) is 0 Å². The van der Waals surface area contributed by atoms with Crippen LogP contribution in [-0.2, 0) is 6.54 Å². The molecule has 4 nitrogen and oxygen atoms in total. The molecular formula is C19H34N2O2. The van der Waals surface area contributed by atoms with Crippen LogP contribution in [-0.4, -0.2) is 28.2 Å². The molecule has 1 aromatic rings. The van der Waals surface area contributed by atoms with Crippen LogP contribution in [0.15, 0.2) is 17.1 Å². The SMILES string of the molecule is CCCCCC(CC)n1cc(O)c(=O)cc1CN(C)CCCC. The van der Waals surface area contributed by atoms with Crippen molar-refractivity contribution < 1.29 is 5.11 Å². The molecular weight excluding hydrogens is 288 g/mol. The molecule has 23 heavy (non-hydrogen) atoms. The Labute approximate surface area is 141 Å². The summed E-state index contributed by atoms with van der Waals surface area (Å²) in [5.41, 5.74) is 0.735. The molecule has 0 aliphatic heterocycles. The van der Waals surface area contributed by atoms with Gasteiger partial charge in [0.15, 0.2) is 5.75 Å². The average Bonchev–Trinajstić information content (AvgIpc) is 2.53. The minimum Gasteiger partial charge on any atom is -0.503 e. The summed E-state index contributed by atoms with van der Waals surface area (Å²) in [6.07, 6.45) is 9.70. The summed E-state index contributed by atoms with van der Waals surface area (Å²) in [6, 6.07) is 1.96. The first-order valence-electron chi connectivity index (χ1n) is 9.15. The normalized spacial score (nSPS) is 12.7. The molecule has 0 amide bonds. The van der Waals surface area contributed by atoms with E-state index in [-0.39, 0.29) is 11.2 Å². The summed E-state index contributed by atoms with van der Waals surface area (Å²) in [5, 5.41) is 9.87. The Morgan fingerprint density at radius 3 is 2.48 bits per heavy atom. The summed E-state index contributed by atoms with van der Waals surface area (Å²) in [5.74, 6) is -0.140. The van der Waals surface area contributed by atoms with Crippen LogP contribution >= 0.6 is 0 Å². The van der Waals surface area contributed by atoms with Crippen molar-refractivity contribution in [3.05, 3.63) is 28.2 Å². The van der Waals surface area contributed by atoms with Crippen LogP contribution < -0.4 is 5.43 Å². The van der Waals surface area contributed by atoms with Crippen molar-refractivity contribution in [1.29, 1.82) is 0 Å². The molecule has 0 saturated heterocycles. The molecule has 132 valence electrons. The fourth-order valence-electron chi connectivity index (χ4n) is 3.00. The number of aromatic nitrogens is 1. The molecule has 1 heterocycles. The van der Waals surface area contributed by atoms with Crippen molar-refractivity contribution in [2.45, 2.75) is 78.3 Å². The van der Waals surface area contributed by atoms with Gasteiger partial charge >= 0.3 is 0 Å². The molecule has 1 unspecified atom stereocenters. The molecule has 0 aromatic carbocycles. The van der Waals surface area contributed by atoms with Crippen LogP contribution in [0.5, 0.6) is 5.75 Å². The number of aromatic hydroxyl groups is 1. The molecule has 1 N–H and O–H groups in total. The smallest absolute Gasteiger partial charge is 0.223 e. The molecule has 0 fully saturated rings. The maximum Gasteiger partial charge on any atom is 0.223 e. The lowest BCUT2D eigenvalue weighted by atomic mass is 10.0. The minimum absolute atomic E-state index is 0.140. The van der Waals surface area contributed by atoms with Gasteiger partial charge in [0.05, 0.1) is 6.20 Å². The van der Waals surface area contributed by atoms with Crippen molar-refractivity contribution in [2.24, 2.45) is 0 Å². The van der Waals surface area contributed by atoms with Crippen molar-refractivity contribution in [3.8, 4) is 5.75 Å². The maximum atomic E-state index is 11.9. The van der Waals surface area contributed by atoms with Crippen LogP contribution in [0, 0.1) is 0 Å². The largest absolute Gasteiger partial charge is 0.503 e. The Hall–Kier alpha value is -1.29. The zero-order chi connectivity index (χ0) is 17.2. The van der Waals surface area contributed by atoms with E-state index in [1.807, 2.05) is 0 Å². The Kier molecular flexibility index (Phi) is 9.00. The highest BCUT2D eigenvalue weighted by molar-refractivity contribution is 5.21. The van der Waals surface area contributed by atoms with Crippen molar-refractivity contribution in [3.63, 3.8) is 0 Å². The van der Waals surface area contributed by atoms with E-state index < -0.39 is 0 Å². The summed E-state index contributed by atoms with van der Waals surface area (Å²) in [6.45, 7) is 8.35. The monoisotopic (exact) mass is 322 g/mol. The Morgan fingerprint density at radius 1 is 1.17 bits per heavy atom. The average molecular weight is 322 g/mol. The Bertz CT molecular complexity index is 511. The van der Waals surface area contributed by atoms with Crippen LogP contribution in [0.25, 0.3) is 0 Å². The van der Waals surface area contributed by atoms with Crippen molar-refractivity contribution in [1.82, 2.24) is 9.47 Å². The van der Waals surface area contributed by atoms with Crippen LogP contribution in [0.2, 0.25) is 0 Å². The molecule has 0 spiro atoms. The summed E-state index contributed by atoms with van der Waals surface area (Å²) < 4.78 is 2.13. The fourth-order valence-corrected chi connectivity index (χ4v) is 3.00. The van der Waals surface area contributed by atoms with Crippen LogP contribution in [0.3, 0.4) is 0 Å². The first-order chi connectivity index (χ1) is 11.0. The number of hydrogen-bond donors (Lipinski definition) is 1. The molecule has 0 saturated carbocycles. The minimum atomic E-state index is -0.274. The van der Waals surface area contributed by atoms with Gasteiger partial charge in [0.2, 0.25) is 5.43 Å².